The lowest BCUT2D eigenvalue weighted by Gasteiger charge is -2.28. The molecule has 2 aromatic carbocycles. The first-order chi connectivity index (χ1) is 16.7. The van der Waals surface area contributed by atoms with E-state index in [1.807, 2.05) is 4.90 Å². The number of carbonyl (C=O) groups is 1. The molecular weight excluding hydrogens is 496 g/mol. The van der Waals surface area contributed by atoms with Gasteiger partial charge in [0.05, 0.1) is 27.8 Å². The number of halogens is 2. The van der Waals surface area contributed by atoms with Gasteiger partial charge in [0.15, 0.2) is 9.84 Å². The highest BCUT2D eigenvalue weighted by Crippen LogP contribution is 2.43. The van der Waals surface area contributed by atoms with E-state index >= 15 is 0 Å². The van der Waals surface area contributed by atoms with E-state index in [0.717, 1.165) is 19.3 Å². The van der Waals surface area contributed by atoms with Crippen LogP contribution >= 0.6 is 11.8 Å². The lowest BCUT2D eigenvalue weighted by Crippen LogP contribution is -2.26. The van der Waals surface area contributed by atoms with Crippen molar-refractivity contribution in [2.45, 2.75) is 42.9 Å². The van der Waals surface area contributed by atoms with Gasteiger partial charge in [-0.1, -0.05) is 19.8 Å². The predicted octanol–water partition coefficient (Wildman–Crippen LogP) is 6.03. The van der Waals surface area contributed by atoms with Crippen LogP contribution in [0.25, 0.3) is 0 Å². The van der Waals surface area contributed by atoms with Crippen LogP contribution in [0.5, 0.6) is 5.75 Å². The van der Waals surface area contributed by atoms with E-state index in [2.05, 4.69) is 11.7 Å². The molecule has 0 saturated carbocycles. The van der Waals surface area contributed by atoms with Crippen LogP contribution in [-0.2, 0) is 19.4 Å². The van der Waals surface area contributed by atoms with Crippen LogP contribution in [0.2, 0.25) is 0 Å². The molecule has 35 heavy (non-hydrogen) atoms. The molecule has 1 atom stereocenters. The molecule has 0 amide bonds. The largest absolute Gasteiger partial charge is 0.461 e. The molecule has 1 heterocycles. The molecule has 0 saturated heterocycles. The molecule has 0 unspecified atom stereocenters. The Morgan fingerprint density at radius 1 is 1.23 bits per heavy atom. The highest BCUT2D eigenvalue weighted by molar-refractivity contribution is 7.98. The van der Waals surface area contributed by atoms with E-state index in [1.165, 1.54) is 30.0 Å². The van der Waals surface area contributed by atoms with E-state index in [-0.39, 0.29) is 34.7 Å². The number of unbranched alkanes of at least 4 members (excludes halogenated alkanes) is 1. The molecule has 0 spiro atoms. The highest BCUT2D eigenvalue weighted by Gasteiger charge is 2.33. The van der Waals surface area contributed by atoms with Gasteiger partial charge in [0.2, 0.25) is 5.83 Å². The first kappa shape index (κ1) is 27.0. The normalized spacial score (nSPS) is 17.5. The molecule has 0 bridgehead atoms. The standard InChI is InChI=1S/C25H29F2NO5S2/c1-4-6-7-17-14-28(19-10-8-18(26)9-11-19)21-12-23(34-3)22(13-24(21)35(30,31)16-17)33-15-20(27)25(29)32-5-2/h8-13,15,17H,4-7,14,16H2,1-3H3/b20-15-/t17-/m0/s1. The molecule has 0 N–H and O–H groups in total. The predicted molar refractivity (Wildman–Crippen MR) is 133 cm³/mol. The number of sulfone groups is 1. The number of benzene rings is 2. The number of carbonyl (C=O) groups excluding carboxylic acids is 1. The second kappa shape index (κ2) is 11.9. The molecule has 3 rings (SSSR count). The summed E-state index contributed by atoms with van der Waals surface area (Å²) in [4.78, 5) is 14.0. The molecule has 1 aliphatic rings. The van der Waals surface area contributed by atoms with Crippen molar-refractivity contribution in [3.63, 3.8) is 0 Å². The van der Waals surface area contributed by atoms with Crippen molar-refractivity contribution in [3.8, 4) is 5.75 Å². The highest BCUT2D eigenvalue weighted by atomic mass is 32.2. The van der Waals surface area contributed by atoms with Crippen molar-refractivity contribution in [2.75, 3.05) is 30.1 Å². The minimum Gasteiger partial charge on any atom is -0.461 e. The van der Waals surface area contributed by atoms with Gasteiger partial charge < -0.3 is 14.4 Å². The van der Waals surface area contributed by atoms with Crippen molar-refractivity contribution in [3.05, 3.63) is 54.3 Å². The fourth-order valence-corrected chi connectivity index (χ4v) is 6.33. The molecule has 0 radical (unpaired) electrons. The molecule has 190 valence electrons. The second-order valence-electron chi connectivity index (χ2n) is 8.15. The van der Waals surface area contributed by atoms with Gasteiger partial charge in [0, 0.05) is 18.3 Å². The Kier molecular flexibility index (Phi) is 9.18. The summed E-state index contributed by atoms with van der Waals surface area (Å²) in [6, 6.07) is 8.96. The Hall–Kier alpha value is -2.59. The fraction of sp³-hybridized carbons (Fsp3) is 0.400. The molecule has 10 heteroatoms. The summed E-state index contributed by atoms with van der Waals surface area (Å²) in [5, 5.41) is 0. The van der Waals surface area contributed by atoms with E-state index in [9.17, 15) is 22.0 Å². The smallest absolute Gasteiger partial charge is 0.370 e. The zero-order valence-corrected chi connectivity index (χ0v) is 21.6. The number of hydrogen-bond donors (Lipinski definition) is 0. The molecule has 0 fully saturated rings. The third-order valence-electron chi connectivity index (χ3n) is 5.63. The maximum absolute atomic E-state index is 14.0. The average Bonchev–Trinajstić information content (AvgIpc) is 2.94. The van der Waals surface area contributed by atoms with E-state index in [4.69, 9.17) is 4.74 Å². The number of nitrogens with zero attached hydrogens (tertiary/aromatic N) is 1. The number of fused-ring (bicyclic) bond motifs is 1. The van der Waals surface area contributed by atoms with Crippen LogP contribution in [0.3, 0.4) is 0 Å². The summed E-state index contributed by atoms with van der Waals surface area (Å²) in [5.41, 5.74) is 1.11. The van der Waals surface area contributed by atoms with Crippen molar-refractivity contribution in [1.29, 1.82) is 0 Å². The zero-order valence-electron chi connectivity index (χ0n) is 19.9. The lowest BCUT2D eigenvalue weighted by atomic mass is 10.0. The van der Waals surface area contributed by atoms with E-state index in [0.29, 0.717) is 29.1 Å². The second-order valence-corrected chi connectivity index (χ2v) is 11.0. The number of ether oxygens (including phenoxy) is 2. The molecule has 1 aliphatic heterocycles. The third kappa shape index (κ3) is 6.55. The maximum atomic E-state index is 14.0. The number of hydrogen-bond acceptors (Lipinski definition) is 7. The summed E-state index contributed by atoms with van der Waals surface area (Å²) >= 11 is 1.29. The summed E-state index contributed by atoms with van der Waals surface area (Å²) in [6.07, 6.45) is 4.94. The Bertz CT molecular complexity index is 1180. The van der Waals surface area contributed by atoms with Crippen molar-refractivity contribution in [1.82, 2.24) is 0 Å². The first-order valence-corrected chi connectivity index (χ1v) is 14.2. The quantitative estimate of drug-likeness (QED) is 0.171. The topological polar surface area (TPSA) is 72.9 Å². The van der Waals surface area contributed by atoms with Crippen LogP contribution in [0.15, 0.2) is 58.3 Å². The molecule has 0 aliphatic carbocycles. The fourth-order valence-electron chi connectivity index (χ4n) is 3.95. The van der Waals surface area contributed by atoms with Crippen LogP contribution in [0, 0.1) is 11.7 Å². The maximum Gasteiger partial charge on any atom is 0.370 e. The summed E-state index contributed by atoms with van der Waals surface area (Å²) < 4.78 is 64.6. The van der Waals surface area contributed by atoms with Gasteiger partial charge in [-0.15, -0.1) is 11.8 Å². The zero-order chi connectivity index (χ0) is 25.6. The van der Waals surface area contributed by atoms with Gasteiger partial charge in [-0.25, -0.2) is 17.6 Å². The Labute approximate surface area is 209 Å². The third-order valence-corrected chi connectivity index (χ3v) is 8.30. The van der Waals surface area contributed by atoms with Gasteiger partial charge in [-0.05, 0) is 55.9 Å². The number of anilines is 2. The van der Waals surface area contributed by atoms with Crippen LogP contribution in [-0.4, -0.2) is 39.5 Å². The SMILES string of the molecule is CCCC[C@H]1CN(c2ccc(F)cc2)c2cc(SC)c(O/C=C(\F)C(=O)OCC)cc2S(=O)(=O)C1. The Morgan fingerprint density at radius 3 is 2.57 bits per heavy atom. The Morgan fingerprint density at radius 2 is 1.94 bits per heavy atom. The molecule has 2 aromatic rings. The minimum absolute atomic E-state index is 0.00562. The van der Waals surface area contributed by atoms with E-state index < -0.39 is 21.6 Å². The first-order valence-electron chi connectivity index (χ1n) is 11.4. The molecule has 0 aromatic heterocycles. The van der Waals surface area contributed by atoms with Gasteiger partial charge in [0.1, 0.15) is 17.8 Å². The van der Waals surface area contributed by atoms with E-state index in [1.54, 1.807) is 31.4 Å². The van der Waals surface area contributed by atoms with Gasteiger partial charge in [0.25, 0.3) is 0 Å². The molecular formula is C25H29F2NO5S2. The van der Waals surface area contributed by atoms with Crippen LogP contribution < -0.4 is 9.64 Å². The van der Waals surface area contributed by atoms with Gasteiger partial charge in [-0.2, -0.15) is 4.39 Å². The van der Waals surface area contributed by atoms with Crippen LogP contribution in [0.1, 0.15) is 33.1 Å². The average molecular weight is 526 g/mol. The van der Waals surface area contributed by atoms with Crippen molar-refractivity contribution >= 4 is 38.9 Å². The number of rotatable bonds is 9. The summed E-state index contributed by atoms with van der Waals surface area (Å²) in [5.74, 6) is -2.87. The molecule has 6 nitrogen and oxygen atoms in total. The van der Waals surface area contributed by atoms with Gasteiger partial charge in [-0.3, -0.25) is 0 Å². The van der Waals surface area contributed by atoms with Gasteiger partial charge >= 0.3 is 5.97 Å². The summed E-state index contributed by atoms with van der Waals surface area (Å²) in [7, 11) is -3.73. The Balaban J connectivity index is 2.12. The minimum atomic E-state index is -3.73. The summed E-state index contributed by atoms with van der Waals surface area (Å²) in [6.45, 7) is 4.06. The lowest BCUT2D eigenvalue weighted by molar-refractivity contribution is -0.140. The van der Waals surface area contributed by atoms with Crippen molar-refractivity contribution in [2.24, 2.45) is 5.92 Å². The monoisotopic (exact) mass is 525 g/mol. The van der Waals surface area contributed by atoms with Crippen LogP contribution in [0.4, 0.5) is 20.2 Å². The number of esters is 1. The van der Waals surface area contributed by atoms with Crippen molar-refractivity contribution < 1.29 is 31.5 Å². The number of thioether (sulfide) groups is 1.